The molecule has 20 heavy (non-hydrogen) atoms. The summed E-state index contributed by atoms with van der Waals surface area (Å²) in [5.74, 6) is -0.801. The highest BCUT2D eigenvalue weighted by Crippen LogP contribution is 2.31. The third-order valence-electron chi connectivity index (χ3n) is 2.91. The minimum Gasteiger partial charge on any atom is -0.481 e. The maximum Gasteiger partial charge on any atom is 0.303 e. The summed E-state index contributed by atoms with van der Waals surface area (Å²) in [6.07, 6.45) is 1.45. The Morgan fingerprint density at radius 1 is 1.55 bits per heavy atom. The van der Waals surface area contributed by atoms with E-state index < -0.39 is 10.9 Å². The van der Waals surface area contributed by atoms with Crippen molar-refractivity contribution in [3.63, 3.8) is 0 Å². The van der Waals surface area contributed by atoms with Crippen molar-refractivity contribution < 1.29 is 14.8 Å². The molecular formula is C13H17BrN2O4. The molecule has 1 atom stereocenters. The van der Waals surface area contributed by atoms with E-state index in [4.69, 9.17) is 5.11 Å². The molecule has 1 unspecified atom stereocenters. The summed E-state index contributed by atoms with van der Waals surface area (Å²) in [4.78, 5) is 20.9. The number of aryl methyl sites for hydroxylation is 1. The zero-order chi connectivity index (χ0) is 15.3. The summed E-state index contributed by atoms with van der Waals surface area (Å²) in [6.45, 7) is 3.63. The Labute approximate surface area is 125 Å². The Hall–Kier alpha value is -1.63. The van der Waals surface area contributed by atoms with Crippen LogP contribution < -0.4 is 5.32 Å². The molecule has 0 aliphatic heterocycles. The maximum absolute atomic E-state index is 10.8. The van der Waals surface area contributed by atoms with Crippen molar-refractivity contribution in [2.75, 3.05) is 5.32 Å². The largest absolute Gasteiger partial charge is 0.481 e. The molecule has 6 nitrogen and oxygen atoms in total. The first-order valence-electron chi connectivity index (χ1n) is 6.24. The number of anilines is 1. The normalized spacial score (nSPS) is 11.9. The fraction of sp³-hybridized carbons (Fsp3) is 0.462. The van der Waals surface area contributed by atoms with E-state index in [9.17, 15) is 14.9 Å². The van der Waals surface area contributed by atoms with Gasteiger partial charge in [-0.2, -0.15) is 0 Å². The summed E-state index contributed by atoms with van der Waals surface area (Å²) in [7, 11) is 0. The lowest BCUT2D eigenvalue weighted by Crippen LogP contribution is -2.16. The molecule has 7 heteroatoms. The van der Waals surface area contributed by atoms with Gasteiger partial charge in [-0.25, -0.2) is 0 Å². The molecule has 0 heterocycles. The molecule has 0 aromatic heterocycles. The minimum atomic E-state index is -0.801. The number of hydrogen-bond donors (Lipinski definition) is 2. The number of nitrogens with zero attached hydrogens (tertiary/aromatic N) is 1. The maximum atomic E-state index is 10.8. The van der Waals surface area contributed by atoms with Gasteiger partial charge in [-0.3, -0.25) is 14.9 Å². The van der Waals surface area contributed by atoms with E-state index in [2.05, 4.69) is 21.2 Å². The van der Waals surface area contributed by atoms with Crippen molar-refractivity contribution in [2.24, 2.45) is 0 Å². The highest BCUT2D eigenvalue weighted by atomic mass is 79.9. The monoisotopic (exact) mass is 344 g/mol. The van der Waals surface area contributed by atoms with Gasteiger partial charge in [0.05, 0.1) is 4.92 Å². The number of nitro groups is 1. The van der Waals surface area contributed by atoms with Gasteiger partial charge in [0, 0.05) is 34.3 Å². The Balaban J connectivity index is 2.70. The zero-order valence-corrected chi connectivity index (χ0v) is 12.9. The van der Waals surface area contributed by atoms with Crippen LogP contribution in [0.2, 0.25) is 0 Å². The topological polar surface area (TPSA) is 92.5 Å². The number of hydrogen-bond acceptors (Lipinski definition) is 4. The van der Waals surface area contributed by atoms with Crippen LogP contribution >= 0.6 is 15.9 Å². The van der Waals surface area contributed by atoms with Crippen LogP contribution in [0.15, 0.2) is 16.6 Å². The lowest BCUT2D eigenvalue weighted by Gasteiger charge is -2.16. The standard InChI is InChI=1S/C13H17BrN2O4/c1-8-6-11(10(14)7-12(8)16(19)20)15-9(2)4-3-5-13(17)18/h6-7,9,15H,3-5H2,1-2H3,(H,17,18). The predicted molar refractivity (Wildman–Crippen MR) is 80.1 cm³/mol. The highest BCUT2D eigenvalue weighted by molar-refractivity contribution is 9.10. The van der Waals surface area contributed by atoms with Crippen molar-refractivity contribution in [1.29, 1.82) is 0 Å². The quantitative estimate of drug-likeness (QED) is 0.580. The second-order valence-corrected chi connectivity index (χ2v) is 5.56. The number of aliphatic carboxylic acids is 1. The Bertz CT molecular complexity index is 519. The van der Waals surface area contributed by atoms with Crippen LogP contribution in [0.5, 0.6) is 0 Å². The van der Waals surface area contributed by atoms with E-state index >= 15 is 0 Å². The number of rotatable bonds is 7. The first kappa shape index (κ1) is 16.4. The zero-order valence-electron chi connectivity index (χ0n) is 11.4. The fourth-order valence-electron chi connectivity index (χ4n) is 1.88. The van der Waals surface area contributed by atoms with Crippen LogP contribution in [0.25, 0.3) is 0 Å². The Kier molecular flexibility index (Phi) is 5.94. The van der Waals surface area contributed by atoms with E-state index in [1.165, 1.54) is 6.07 Å². The van der Waals surface area contributed by atoms with Gasteiger partial charge in [0.2, 0.25) is 0 Å². The van der Waals surface area contributed by atoms with Gasteiger partial charge in [-0.1, -0.05) is 0 Å². The molecule has 0 bridgehead atoms. The van der Waals surface area contributed by atoms with Gasteiger partial charge in [0.1, 0.15) is 0 Å². The predicted octanol–water partition coefficient (Wildman–Crippen LogP) is 3.72. The third kappa shape index (κ3) is 4.80. The van der Waals surface area contributed by atoms with Gasteiger partial charge in [-0.15, -0.1) is 0 Å². The average Bonchev–Trinajstić information content (AvgIpc) is 2.32. The Morgan fingerprint density at radius 2 is 2.20 bits per heavy atom. The molecule has 0 radical (unpaired) electrons. The van der Waals surface area contributed by atoms with Crippen LogP contribution in [0.3, 0.4) is 0 Å². The first-order valence-corrected chi connectivity index (χ1v) is 7.03. The van der Waals surface area contributed by atoms with E-state index in [0.29, 0.717) is 16.5 Å². The number of benzene rings is 1. The van der Waals surface area contributed by atoms with Crippen molar-refractivity contribution in [3.8, 4) is 0 Å². The highest BCUT2D eigenvalue weighted by Gasteiger charge is 2.15. The van der Waals surface area contributed by atoms with Crippen LogP contribution in [0, 0.1) is 17.0 Å². The van der Waals surface area contributed by atoms with Gasteiger partial charge in [-0.05, 0) is 48.7 Å². The summed E-state index contributed by atoms with van der Waals surface area (Å²) < 4.78 is 0.625. The molecule has 0 aliphatic rings. The number of nitro benzene ring substituents is 1. The lowest BCUT2D eigenvalue weighted by atomic mass is 10.1. The molecule has 0 saturated carbocycles. The number of nitrogens with one attached hydrogen (secondary N) is 1. The fourth-order valence-corrected chi connectivity index (χ4v) is 2.32. The van der Waals surface area contributed by atoms with E-state index in [-0.39, 0.29) is 18.2 Å². The summed E-state index contributed by atoms with van der Waals surface area (Å²) >= 11 is 3.31. The van der Waals surface area contributed by atoms with E-state index in [0.717, 1.165) is 12.1 Å². The molecule has 1 aromatic rings. The minimum absolute atomic E-state index is 0.0703. The SMILES string of the molecule is Cc1cc(NC(C)CCCC(=O)O)c(Br)cc1[N+](=O)[O-]. The van der Waals surface area contributed by atoms with Crippen molar-refractivity contribution in [3.05, 3.63) is 32.3 Å². The molecule has 1 aromatic carbocycles. The second-order valence-electron chi connectivity index (χ2n) is 4.71. The number of carbonyl (C=O) groups is 1. The second kappa shape index (κ2) is 7.23. The summed E-state index contributed by atoms with van der Waals surface area (Å²) in [5.41, 5.74) is 1.43. The molecule has 0 saturated heterocycles. The molecule has 0 amide bonds. The van der Waals surface area contributed by atoms with Crippen LogP contribution in [0.4, 0.5) is 11.4 Å². The molecule has 1 rings (SSSR count). The van der Waals surface area contributed by atoms with Crippen molar-refractivity contribution in [1.82, 2.24) is 0 Å². The number of carboxylic acids is 1. The van der Waals surface area contributed by atoms with Gasteiger partial charge < -0.3 is 10.4 Å². The van der Waals surface area contributed by atoms with Crippen molar-refractivity contribution >= 4 is 33.3 Å². The van der Waals surface area contributed by atoms with E-state index in [1.807, 2.05) is 6.92 Å². The first-order chi connectivity index (χ1) is 9.31. The van der Waals surface area contributed by atoms with Gasteiger partial charge >= 0.3 is 5.97 Å². The summed E-state index contributed by atoms with van der Waals surface area (Å²) in [5, 5.41) is 22.6. The van der Waals surface area contributed by atoms with Crippen LogP contribution in [-0.2, 0) is 4.79 Å². The Morgan fingerprint density at radius 3 is 2.75 bits per heavy atom. The molecule has 0 fully saturated rings. The van der Waals surface area contributed by atoms with E-state index in [1.54, 1.807) is 13.0 Å². The van der Waals surface area contributed by atoms with Crippen LogP contribution in [0.1, 0.15) is 31.7 Å². The summed E-state index contributed by atoms with van der Waals surface area (Å²) in [6, 6.07) is 3.28. The smallest absolute Gasteiger partial charge is 0.303 e. The number of carboxylic acid groups (broad SMARTS) is 1. The molecule has 0 aliphatic carbocycles. The number of halogens is 1. The van der Waals surface area contributed by atoms with Gasteiger partial charge in [0.25, 0.3) is 5.69 Å². The van der Waals surface area contributed by atoms with Gasteiger partial charge in [0.15, 0.2) is 0 Å². The third-order valence-corrected chi connectivity index (χ3v) is 3.57. The molecule has 110 valence electrons. The average molecular weight is 345 g/mol. The molecular weight excluding hydrogens is 328 g/mol. The van der Waals surface area contributed by atoms with Crippen LogP contribution in [-0.4, -0.2) is 22.0 Å². The molecule has 2 N–H and O–H groups in total. The molecule has 0 spiro atoms. The van der Waals surface area contributed by atoms with Crippen molar-refractivity contribution in [2.45, 2.75) is 39.2 Å². The lowest BCUT2D eigenvalue weighted by molar-refractivity contribution is -0.385.